The van der Waals surface area contributed by atoms with Gasteiger partial charge in [-0.25, -0.2) is 8.42 Å². The Labute approximate surface area is 131 Å². The lowest BCUT2D eigenvalue weighted by atomic mass is 10.2. The molecule has 0 N–H and O–H groups in total. The van der Waals surface area contributed by atoms with Gasteiger partial charge in [0.05, 0.1) is 0 Å². The fourth-order valence-corrected chi connectivity index (χ4v) is 5.97. The summed E-state index contributed by atoms with van der Waals surface area (Å²) in [6.07, 6.45) is 0. The summed E-state index contributed by atoms with van der Waals surface area (Å²) in [7, 11) is -3.45. The molecule has 112 valence electrons. The van der Waals surface area contributed by atoms with Crippen LogP contribution in [0.5, 0.6) is 0 Å². The Bertz CT molecular complexity index is 590. The van der Waals surface area contributed by atoms with Crippen molar-refractivity contribution in [1.82, 2.24) is 9.21 Å². The van der Waals surface area contributed by atoms with E-state index in [9.17, 15) is 13.2 Å². The van der Waals surface area contributed by atoms with Crippen LogP contribution < -0.4 is 0 Å². The van der Waals surface area contributed by atoms with Gasteiger partial charge in [-0.1, -0.05) is 13.8 Å². The van der Waals surface area contributed by atoms with Gasteiger partial charge in [0.1, 0.15) is 4.21 Å². The van der Waals surface area contributed by atoms with Gasteiger partial charge in [0.15, 0.2) is 0 Å². The summed E-state index contributed by atoms with van der Waals surface area (Å²) in [5.41, 5.74) is 0. The Morgan fingerprint density at radius 3 is 2.35 bits per heavy atom. The third kappa shape index (κ3) is 3.08. The van der Waals surface area contributed by atoms with Crippen molar-refractivity contribution in [1.29, 1.82) is 0 Å². The summed E-state index contributed by atoms with van der Waals surface area (Å²) in [4.78, 5) is 13.6. The van der Waals surface area contributed by atoms with Crippen molar-refractivity contribution in [3.8, 4) is 0 Å². The summed E-state index contributed by atoms with van der Waals surface area (Å²) < 4.78 is 27.4. The van der Waals surface area contributed by atoms with Crippen molar-refractivity contribution < 1.29 is 13.2 Å². The van der Waals surface area contributed by atoms with Gasteiger partial charge >= 0.3 is 0 Å². The van der Waals surface area contributed by atoms with Crippen LogP contribution >= 0.6 is 27.3 Å². The fraction of sp³-hybridized carbons (Fsp3) is 0.583. The summed E-state index contributed by atoms with van der Waals surface area (Å²) >= 11 is 4.47. The number of halogens is 1. The molecular formula is C12H17BrN2O3S2. The van der Waals surface area contributed by atoms with Crippen LogP contribution in [-0.4, -0.2) is 49.7 Å². The van der Waals surface area contributed by atoms with Gasteiger partial charge in [0.2, 0.25) is 5.91 Å². The molecule has 1 fully saturated rings. The van der Waals surface area contributed by atoms with Crippen LogP contribution in [0.3, 0.4) is 0 Å². The minimum atomic E-state index is -3.45. The second-order valence-electron chi connectivity index (χ2n) is 4.94. The molecular weight excluding hydrogens is 364 g/mol. The molecule has 0 radical (unpaired) electrons. The van der Waals surface area contributed by atoms with Gasteiger partial charge in [-0.3, -0.25) is 4.79 Å². The summed E-state index contributed by atoms with van der Waals surface area (Å²) in [6.45, 7) is 5.33. The molecule has 0 atom stereocenters. The number of thiophene rings is 1. The molecule has 0 aromatic carbocycles. The maximum atomic E-state index is 12.5. The second-order valence-corrected chi connectivity index (χ2v) is 8.84. The Morgan fingerprint density at radius 2 is 1.90 bits per heavy atom. The van der Waals surface area contributed by atoms with E-state index in [-0.39, 0.29) is 11.8 Å². The van der Waals surface area contributed by atoms with E-state index in [2.05, 4.69) is 15.9 Å². The minimum Gasteiger partial charge on any atom is -0.340 e. The highest BCUT2D eigenvalue weighted by atomic mass is 79.9. The van der Waals surface area contributed by atoms with Gasteiger partial charge in [-0.15, -0.1) is 11.3 Å². The van der Waals surface area contributed by atoms with Gasteiger partial charge in [-0.2, -0.15) is 4.31 Å². The molecule has 0 saturated carbocycles. The number of rotatable bonds is 3. The number of hydrogen-bond donors (Lipinski definition) is 0. The lowest BCUT2D eigenvalue weighted by Gasteiger charge is -2.34. The molecule has 1 aliphatic rings. The van der Waals surface area contributed by atoms with Gasteiger partial charge < -0.3 is 4.90 Å². The van der Waals surface area contributed by atoms with E-state index in [0.29, 0.717) is 34.9 Å². The molecule has 2 heterocycles. The maximum absolute atomic E-state index is 12.5. The standard InChI is InChI=1S/C12H17BrN2O3S2/c1-9(2)11(16)14-4-6-15(7-5-14)20(17,18)12-10(13)3-8-19-12/h3,8-9H,4-7H2,1-2H3. The van der Waals surface area contributed by atoms with Crippen molar-refractivity contribution >= 4 is 43.2 Å². The van der Waals surface area contributed by atoms with Crippen LogP contribution in [0.4, 0.5) is 0 Å². The predicted molar refractivity (Wildman–Crippen MR) is 82.2 cm³/mol. The topological polar surface area (TPSA) is 57.7 Å². The lowest BCUT2D eigenvalue weighted by molar-refractivity contribution is -0.135. The average molecular weight is 381 g/mol. The zero-order valence-corrected chi connectivity index (χ0v) is 14.6. The molecule has 1 amide bonds. The van der Waals surface area contributed by atoms with Crippen LogP contribution in [0, 0.1) is 5.92 Å². The first-order valence-electron chi connectivity index (χ1n) is 6.36. The third-order valence-corrected chi connectivity index (χ3v) is 7.75. The van der Waals surface area contributed by atoms with E-state index in [4.69, 9.17) is 0 Å². The van der Waals surface area contributed by atoms with Gasteiger partial charge in [-0.05, 0) is 27.4 Å². The highest BCUT2D eigenvalue weighted by Gasteiger charge is 2.32. The molecule has 0 aliphatic carbocycles. The molecule has 2 rings (SSSR count). The third-order valence-electron chi connectivity index (χ3n) is 3.20. The first-order chi connectivity index (χ1) is 9.34. The van der Waals surface area contributed by atoms with Crippen LogP contribution in [0.25, 0.3) is 0 Å². The maximum Gasteiger partial charge on any atom is 0.253 e. The molecule has 1 aromatic rings. The second kappa shape index (κ2) is 6.13. The lowest BCUT2D eigenvalue weighted by Crippen LogP contribution is -2.51. The van der Waals surface area contributed by atoms with E-state index in [1.165, 1.54) is 15.6 Å². The van der Waals surface area contributed by atoms with Crippen LogP contribution in [0.15, 0.2) is 20.1 Å². The van der Waals surface area contributed by atoms with Crippen molar-refractivity contribution in [3.63, 3.8) is 0 Å². The van der Waals surface area contributed by atoms with Crippen molar-refractivity contribution in [3.05, 3.63) is 15.9 Å². The number of sulfonamides is 1. The predicted octanol–water partition coefficient (Wildman–Crippen LogP) is 2.00. The molecule has 1 saturated heterocycles. The first-order valence-corrected chi connectivity index (χ1v) is 9.47. The monoisotopic (exact) mass is 380 g/mol. The molecule has 0 unspecified atom stereocenters. The number of amides is 1. The Hall–Kier alpha value is -0.440. The van der Waals surface area contributed by atoms with Crippen LogP contribution in [0.1, 0.15) is 13.8 Å². The average Bonchev–Trinajstić information content (AvgIpc) is 2.85. The quantitative estimate of drug-likeness (QED) is 0.805. The Balaban J connectivity index is 2.08. The first kappa shape index (κ1) is 15.9. The molecule has 1 aromatic heterocycles. The van der Waals surface area contributed by atoms with E-state index in [0.717, 1.165) is 0 Å². The molecule has 8 heteroatoms. The number of carbonyl (C=O) groups is 1. The van der Waals surface area contributed by atoms with Crippen LogP contribution in [-0.2, 0) is 14.8 Å². The molecule has 0 bridgehead atoms. The van der Waals surface area contributed by atoms with Crippen molar-refractivity contribution in [2.75, 3.05) is 26.2 Å². The largest absolute Gasteiger partial charge is 0.340 e. The van der Waals surface area contributed by atoms with E-state index >= 15 is 0 Å². The number of carbonyl (C=O) groups excluding carboxylic acids is 1. The molecule has 1 aliphatic heterocycles. The molecule has 20 heavy (non-hydrogen) atoms. The highest BCUT2D eigenvalue weighted by molar-refractivity contribution is 9.10. The minimum absolute atomic E-state index is 0.0513. The zero-order valence-electron chi connectivity index (χ0n) is 11.4. The van der Waals surface area contributed by atoms with Crippen molar-refractivity contribution in [2.45, 2.75) is 18.1 Å². The smallest absolute Gasteiger partial charge is 0.253 e. The van der Waals surface area contributed by atoms with E-state index in [1.807, 2.05) is 13.8 Å². The van der Waals surface area contributed by atoms with Crippen LogP contribution in [0.2, 0.25) is 0 Å². The number of hydrogen-bond acceptors (Lipinski definition) is 4. The van der Waals surface area contributed by atoms with E-state index in [1.54, 1.807) is 16.3 Å². The SMILES string of the molecule is CC(C)C(=O)N1CCN(S(=O)(=O)c2sccc2Br)CC1. The number of piperazine rings is 1. The summed E-state index contributed by atoms with van der Waals surface area (Å²) in [5.74, 6) is 0.0314. The van der Waals surface area contributed by atoms with Gasteiger partial charge in [0.25, 0.3) is 10.0 Å². The summed E-state index contributed by atoms with van der Waals surface area (Å²) in [5, 5.41) is 1.75. The Kier molecular flexibility index (Phi) is 4.88. The molecule has 0 spiro atoms. The highest BCUT2D eigenvalue weighted by Crippen LogP contribution is 2.30. The van der Waals surface area contributed by atoms with Crippen molar-refractivity contribution in [2.24, 2.45) is 5.92 Å². The summed E-state index contributed by atoms with van der Waals surface area (Å²) in [6, 6.07) is 1.73. The Morgan fingerprint density at radius 1 is 1.30 bits per heavy atom. The normalized spacial score (nSPS) is 17.7. The molecule has 5 nitrogen and oxygen atoms in total. The zero-order chi connectivity index (χ0) is 14.9. The van der Waals surface area contributed by atoms with E-state index < -0.39 is 10.0 Å². The fourth-order valence-electron chi connectivity index (χ4n) is 2.10. The number of nitrogens with zero attached hydrogens (tertiary/aromatic N) is 2. The van der Waals surface area contributed by atoms with Gasteiger partial charge in [0, 0.05) is 36.6 Å².